The maximum Gasteiger partial charge on any atom is 0.264 e. The molecule has 3 aliphatic rings. The number of rotatable bonds is 6. The van der Waals surface area contributed by atoms with Crippen LogP contribution in [0.5, 0.6) is 5.75 Å². The minimum absolute atomic E-state index is 0.247. The first kappa shape index (κ1) is 25.4. The monoisotopic (exact) mass is 536 g/mol. The summed E-state index contributed by atoms with van der Waals surface area (Å²) in [5, 5.41) is 15.7. The van der Waals surface area contributed by atoms with Crippen molar-refractivity contribution in [2.45, 2.75) is 38.4 Å². The second kappa shape index (κ2) is 10.0. The third-order valence-electron chi connectivity index (χ3n) is 7.53. The molecule has 3 amide bonds. The lowest BCUT2D eigenvalue weighted by molar-refractivity contribution is -0.135. The molecule has 3 atom stereocenters. The summed E-state index contributed by atoms with van der Waals surface area (Å²) in [6, 6.07) is 20.1. The predicted octanol–water partition coefficient (Wildman–Crippen LogP) is 3.98. The molecule has 1 fully saturated rings. The molecule has 3 aromatic carbocycles. The van der Waals surface area contributed by atoms with Gasteiger partial charge in [0.15, 0.2) is 12.1 Å². The van der Waals surface area contributed by atoms with Crippen molar-refractivity contribution >= 4 is 29.1 Å². The van der Waals surface area contributed by atoms with E-state index in [2.05, 4.69) is 16.4 Å². The Morgan fingerprint density at radius 3 is 2.42 bits per heavy atom. The van der Waals surface area contributed by atoms with E-state index in [0.717, 1.165) is 32.9 Å². The number of fused-ring (bicyclic) bond motifs is 1. The van der Waals surface area contributed by atoms with Gasteiger partial charge in [0.05, 0.1) is 24.6 Å². The molecule has 10 heteroatoms. The van der Waals surface area contributed by atoms with Gasteiger partial charge in [-0.05, 0) is 49.2 Å². The summed E-state index contributed by atoms with van der Waals surface area (Å²) in [6.45, 7) is 3.82. The van der Waals surface area contributed by atoms with Crippen molar-refractivity contribution in [1.82, 2.24) is 10.0 Å². The van der Waals surface area contributed by atoms with Crippen molar-refractivity contribution in [2.24, 2.45) is 15.4 Å². The van der Waals surface area contributed by atoms with Gasteiger partial charge in [0.2, 0.25) is 0 Å². The zero-order valence-electron chi connectivity index (χ0n) is 22.4. The van der Waals surface area contributed by atoms with E-state index in [1.54, 1.807) is 31.4 Å². The van der Waals surface area contributed by atoms with Gasteiger partial charge in [-0.3, -0.25) is 19.4 Å². The van der Waals surface area contributed by atoms with Crippen molar-refractivity contribution in [3.63, 3.8) is 0 Å². The smallest absolute Gasteiger partial charge is 0.264 e. The second-order valence-corrected chi connectivity index (χ2v) is 10.1. The van der Waals surface area contributed by atoms with Gasteiger partial charge in [-0.2, -0.15) is 10.2 Å². The SMILES string of the molecule is COc1ccc([C@@H]2CC(c3ccc(C)cc3C)=NN2C(=O)CN2N=N[C@H]3C(=O)N(c4ccccc4)C(=O)[C@H]32)cc1. The third-order valence-corrected chi connectivity index (χ3v) is 7.53. The molecule has 10 nitrogen and oxygen atoms in total. The lowest BCUT2D eigenvalue weighted by Gasteiger charge is -2.25. The van der Waals surface area contributed by atoms with E-state index < -0.39 is 23.9 Å². The molecular formula is C30H28N6O4. The number of benzene rings is 3. The first-order chi connectivity index (χ1) is 19.4. The van der Waals surface area contributed by atoms with Crippen LogP contribution in [0, 0.1) is 13.8 Å². The van der Waals surface area contributed by atoms with Crippen LogP contribution in [0.15, 0.2) is 88.2 Å². The van der Waals surface area contributed by atoms with E-state index in [-0.39, 0.29) is 18.5 Å². The molecule has 40 heavy (non-hydrogen) atoms. The number of para-hydroxylation sites is 1. The molecule has 3 heterocycles. The zero-order valence-corrected chi connectivity index (χ0v) is 22.4. The second-order valence-electron chi connectivity index (χ2n) is 10.1. The summed E-state index contributed by atoms with van der Waals surface area (Å²) in [7, 11) is 1.60. The van der Waals surface area contributed by atoms with Gasteiger partial charge in [-0.1, -0.05) is 59.3 Å². The fourth-order valence-electron chi connectivity index (χ4n) is 5.52. The number of carbonyl (C=O) groups excluding carboxylic acids is 3. The lowest BCUT2D eigenvalue weighted by Crippen LogP contribution is -2.44. The molecule has 0 bridgehead atoms. The fourth-order valence-corrected chi connectivity index (χ4v) is 5.52. The van der Waals surface area contributed by atoms with Crippen molar-refractivity contribution in [1.29, 1.82) is 0 Å². The number of carbonyl (C=O) groups is 3. The van der Waals surface area contributed by atoms with Gasteiger partial charge in [0.1, 0.15) is 12.3 Å². The molecule has 0 spiro atoms. The van der Waals surface area contributed by atoms with Crippen LogP contribution in [0.2, 0.25) is 0 Å². The van der Waals surface area contributed by atoms with Gasteiger partial charge in [0, 0.05) is 12.0 Å². The summed E-state index contributed by atoms with van der Waals surface area (Å²) >= 11 is 0. The number of hydrogen-bond acceptors (Lipinski definition) is 8. The number of hydrogen-bond donors (Lipinski definition) is 0. The minimum atomic E-state index is -0.981. The number of aryl methyl sites for hydroxylation is 2. The number of hydrazone groups is 1. The fraction of sp³-hybridized carbons (Fsp3) is 0.267. The van der Waals surface area contributed by atoms with Crippen LogP contribution in [-0.4, -0.2) is 59.2 Å². The summed E-state index contributed by atoms with van der Waals surface area (Å²) < 4.78 is 5.31. The number of amides is 3. The summed E-state index contributed by atoms with van der Waals surface area (Å²) in [5.74, 6) is -0.538. The predicted molar refractivity (Wildman–Crippen MR) is 148 cm³/mol. The molecular weight excluding hydrogens is 508 g/mol. The van der Waals surface area contributed by atoms with Crippen LogP contribution in [-0.2, 0) is 14.4 Å². The maximum absolute atomic E-state index is 13.8. The molecule has 0 saturated carbocycles. The highest BCUT2D eigenvalue weighted by Crippen LogP contribution is 2.36. The molecule has 0 aliphatic carbocycles. The first-order valence-corrected chi connectivity index (χ1v) is 13.1. The number of imide groups is 1. The normalized spacial score (nSPS) is 21.7. The quantitative estimate of drug-likeness (QED) is 0.443. The molecule has 3 aromatic rings. The Morgan fingerprint density at radius 2 is 1.73 bits per heavy atom. The van der Waals surface area contributed by atoms with E-state index in [1.165, 1.54) is 10.0 Å². The molecule has 1 saturated heterocycles. The molecule has 0 radical (unpaired) electrons. The third kappa shape index (κ3) is 4.31. The molecule has 3 aliphatic heterocycles. The van der Waals surface area contributed by atoms with Crippen molar-refractivity contribution in [2.75, 3.05) is 18.6 Å². The van der Waals surface area contributed by atoms with E-state index in [9.17, 15) is 14.4 Å². The minimum Gasteiger partial charge on any atom is -0.497 e. The Labute approximate surface area is 231 Å². The molecule has 0 unspecified atom stereocenters. The van der Waals surface area contributed by atoms with Crippen LogP contribution in [0.1, 0.15) is 34.7 Å². The van der Waals surface area contributed by atoms with Gasteiger partial charge in [0.25, 0.3) is 17.7 Å². The zero-order chi connectivity index (χ0) is 28.0. The highest BCUT2D eigenvalue weighted by atomic mass is 16.5. The van der Waals surface area contributed by atoms with Crippen LogP contribution >= 0.6 is 0 Å². The lowest BCUT2D eigenvalue weighted by atomic mass is 9.95. The summed E-state index contributed by atoms with van der Waals surface area (Å²) in [4.78, 5) is 41.3. The Kier molecular flexibility index (Phi) is 6.37. The molecule has 6 rings (SSSR count). The van der Waals surface area contributed by atoms with Gasteiger partial charge < -0.3 is 4.74 Å². The van der Waals surface area contributed by atoms with Gasteiger partial charge >= 0.3 is 0 Å². The number of methoxy groups -OCH3 is 1. The van der Waals surface area contributed by atoms with Crippen LogP contribution in [0.3, 0.4) is 0 Å². The Bertz CT molecular complexity index is 1550. The average molecular weight is 537 g/mol. The first-order valence-electron chi connectivity index (χ1n) is 13.1. The van der Waals surface area contributed by atoms with E-state index in [4.69, 9.17) is 9.84 Å². The van der Waals surface area contributed by atoms with E-state index >= 15 is 0 Å². The van der Waals surface area contributed by atoms with E-state index in [1.807, 2.05) is 56.3 Å². The Balaban J connectivity index is 1.28. The molecule has 0 N–H and O–H groups in total. The highest BCUT2D eigenvalue weighted by molar-refractivity contribution is 6.25. The van der Waals surface area contributed by atoms with Crippen LogP contribution in [0.25, 0.3) is 0 Å². The standard InChI is InChI=1S/C30H28N6O4/c1-18-9-14-23(19(2)15-18)24-16-25(20-10-12-22(40-3)13-11-20)36(32-24)26(37)17-34-28-27(31-33-34)29(38)35(30(28)39)21-7-5-4-6-8-21/h4-15,25,27-28H,16-17H2,1-3H3/t25-,27+,28-/m0/s1. The highest BCUT2D eigenvalue weighted by Gasteiger charge is 2.55. The summed E-state index contributed by atoms with van der Waals surface area (Å²) in [6.07, 6.45) is 0.523. The molecule has 202 valence electrons. The molecule has 0 aromatic heterocycles. The number of ether oxygens (including phenoxy) is 1. The number of nitrogens with zero attached hydrogens (tertiary/aromatic N) is 6. The van der Waals surface area contributed by atoms with Gasteiger partial charge in [-0.25, -0.2) is 9.91 Å². The largest absolute Gasteiger partial charge is 0.497 e. The van der Waals surface area contributed by atoms with Crippen molar-refractivity contribution < 1.29 is 19.1 Å². The maximum atomic E-state index is 13.8. The van der Waals surface area contributed by atoms with Crippen molar-refractivity contribution in [3.8, 4) is 5.75 Å². The van der Waals surface area contributed by atoms with Crippen LogP contribution < -0.4 is 9.64 Å². The van der Waals surface area contributed by atoms with Gasteiger partial charge in [-0.15, -0.1) is 0 Å². The Hall–Kier alpha value is -4.86. The van der Waals surface area contributed by atoms with E-state index in [0.29, 0.717) is 17.9 Å². The summed E-state index contributed by atoms with van der Waals surface area (Å²) in [5.41, 5.74) is 5.38. The van der Waals surface area contributed by atoms with Crippen molar-refractivity contribution in [3.05, 3.63) is 95.1 Å². The number of anilines is 1. The Morgan fingerprint density at radius 1 is 0.975 bits per heavy atom. The average Bonchev–Trinajstić information content (AvgIpc) is 3.64. The topological polar surface area (TPSA) is 107 Å². The van der Waals surface area contributed by atoms with Crippen LogP contribution in [0.4, 0.5) is 5.69 Å².